The van der Waals surface area contributed by atoms with Crippen LogP contribution in [0.2, 0.25) is 19.6 Å². The molecule has 0 aliphatic heterocycles. The first-order chi connectivity index (χ1) is 21.3. The van der Waals surface area contributed by atoms with Crippen molar-refractivity contribution in [3.63, 3.8) is 0 Å². The average molecular weight is 781 g/mol. The molecule has 3 aromatic heterocycles. The van der Waals surface area contributed by atoms with Gasteiger partial charge in [0.2, 0.25) is 0 Å². The summed E-state index contributed by atoms with van der Waals surface area (Å²) in [6, 6.07) is 41.9. The van der Waals surface area contributed by atoms with E-state index in [0.717, 1.165) is 50.9 Å². The van der Waals surface area contributed by atoms with Gasteiger partial charge in [0, 0.05) is 37.9 Å². The molecule has 3 nitrogen and oxygen atoms in total. The molecule has 0 aliphatic rings. The van der Waals surface area contributed by atoms with Crippen molar-refractivity contribution in [3.05, 3.63) is 150 Å². The first-order valence-corrected chi connectivity index (χ1v) is 18.5. The predicted octanol–water partition coefficient (Wildman–Crippen LogP) is 9.75. The van der Waals surface area contributed by atoms with Gasteiger partial charge in [-0.25, -0.2) is 0 Å². The maximum atomic E-state index is 6.16. The number of pyridine rings is 2. The van der Waals surface area contributed by atoms with Gasteiger partial charge in [-0.05, 0) is 52.7 Å². The number of nitrogens with zero attached hydrogens (tertiary/aromatic N) is 2. The van der Waals surface area contributed by atoms with E-state index in [1.165, 1.54) is 27.4 Å². The van der Waals surface area contributed by atoms with E-state index in [4.69, 9.17) is 4.42 Å². The van der Waals surface area contributed by atoms with Crippen LogP contribution >= 0.6 is 0 Å². The van der Waals surface area contributed by atoms with Gasteiger partial charge in [-0.2, -0.15) is 0 Å². The van der Waals surface area contributed by atoms with E-state index < -0.39 is 8.07 Å². The van der Waals surface area contributed by atoms with Gasteiger partial charge in [0.15, 0.2) is 0 Å². The summed E-state index contributed by atoms with van der Waals surface area (Å²) in [5.41, 5.74) is 10.6. The van der Waals surface area contributed by atoms with Crippen molar-refractivity contribution in [2.75, 3.05) is 0 Å². The summed E-state index contributed by atoms with van der Waals surface area (Å²) < 4.78 is 6.16. The molecule has 1 radical (unpaired) electrons. The van der Waals surface area contributed by atoms with Crippen molar-refractivity contribution in [1.29, 1.82) is 0 Å². The summed E-state index contributed by atoms with van der Waals surface area (Å²) in [4.78, 5) is 9.23. The topological polar surface area (TPSA) is 38.9 Å². The molecular formula is C40H36IrN2OSi-2. The van der Waals surface area contributed by atoms with E-state index in [1.807, 2.05) is 48.8 Å². The van der Waals surface area contributed by atoms with E-state index in [2.05, 4.69) is 122 Å². The molecule has 3 heterocycles. The Morgan fingerprint density at radius 2 is 1.49 bits per heavy atom. The van der Waals surface area contributed by atoms with Gasteiger partial charge in [-0.3, -0.25) is 0 Å². The first-order valence-electron chi connectivity index (χ1n) is 15.0. The minimum absolute atomic E-state index is 0. The van der Waals surface area contributed by atoms with Crippen LogP contribution in [0.25, 0.3) is 44.5 Å². The number of rotatable bonds is 5. The van der Waals surface area contributed by atoms with Crippen LogP contribution in [-0.4, -0.2) is 18.0 Å². The van der Waals surface area contributed by atoms with Gasteiger partial charge in [-0.1, -0.05) is 104 Å². The number of furan rings is 1. The molecule has 4 aromatic carbocycles. The SMILES string of the molecule is Cc1c[c-]c(-c2ccc([Si](C)(C)C)cn2)cc1.Cc1cnc(-c2[c-]ccc3c2oc2ccccc23)cc1Cc1ccccc1.[Ir]. The van der Waals surface area contributed by atoms with Gasteiger partial charge < -0.3 is 14.4 Å². The normalized spacial score (nSPS) is 11.1. The molecule has 227 valence electrons. The molecule has 7 aromatic rings. The molecule has 0 aliphatic carbocycles. The van der Waals surface area contributed by atoms with Crippen LogP contribution in [0, 0.1) is 26.0 Å². The van der Waals surface area contributed by atoms with Gasteiger partial charge in [0.25, 0.3) is 0 Å². The van der Waals surface area contributed by atoms with Crippen LogP contribution in [0.15, 0.2) is 120 Å². The third-order valence-corrected chi connectivity index (χ3v) is 9.95. The van der Waals surface area contributed by atoms with Crippen LogP contribution in [-0.2, 0) is 26.5 Å². The van der Waals surface area contributed by atoms with Gasteiger partial charge in [0.1, 0.15) is 5.58 Å². The summed E-state index contributed by atoms with van der Waals surface area (Å²) in [6.07, 6.45) is 4.86. The Bertz CT molecular complexity index is 2030. The molecule has 0 unspecified atom stereocenters. The van der Waals surface area contributed by atoms with Crippen LogP contribution in [0.1, 0.15) is 22.3 Å². The molecule has 0 saturated heterocycles. The molecule has 45 heavy (non-hydrogen) atoms. The Balaban J connectivity index is 0.000000193. The molecule has 5 heteroatoms. The maximum absolute atomic E-state index is 6.16. The Morgan fingerprint density at radius 3 is 2.20 bits per heavy atom. The van der Waals surface area contributed by atoms with E-state index in [0.29, 0.717) is 0 Å². The number of benzene rings is 4. The van der Waals surface area contributed by atoms with E-state index in [-0.39, 0.29) is 20.1 Å². The van der Waals surface area contributed by atoms with Crippen molar-refractivity contribution < 1.29 is 24.5 Å². The summed E-state index contributed by atoms with van der Waals surface area (Å²) in [5.74, 6) is 0. The monoisotopic (exact) mass is 781 g/mol. The predicted molar refractivity (Wildman–Crippen MR) is 186 cm³/mol. The molecule has 0 amide bonds. The number of hydrogen-bond acceptors (Lipinski definition) is 3. The molecular weight excluding hydrogens is 745 g/mol. The molecule has 0 N–H and O–H groups in total. The van der Waals surface area contributed by atoms with Crippen molar-refractivity contribution >= 4 is 35.2 Å². The van der Waals surface area contributed by atoms with Crippen molar-refractivity contribution in [2.24, 2.45) is 0 Å². The molecule has 0 bridgehead atoms. The largest absolute Gasteiger partial charge is 0.501 e. The van der Waals surface area contributed by atoms with Crippen LogP contribution in [0.4, 0.5) is 0 Å². The molecule has 7 rings (SSSR count). The number of aryl methyl sites for hydroxylation is 2. The Hall–Kier alpha value is -4.15. The van der Waals surface area contributed by atoms with Crippen molar-refractivity contribution in [1.82, 2.24) is 9.97 Å². The van der Waals surface area contributed by atoms with E-state index >= 15 is 0 Å². The number of para-hydroxylation sites is 1. The van der Waals surface area contributed by atoms with Crippen LogP contribution in [0.3, 0.4) is 0 Å². The standard InChI is InChI=1S/C25H18NO.C15H18NSi.Ir/c1-17-16-26-23(15-19(17)14-18-8-3-2-4-9-18)22-12-7-11-21-20-10-5-6-13-24(20)27-25(21)22;1-12-5-7-13(8-6-12)15-10-9-14(11-16-15)17(2,3)4;/h2-11,13,15-16H,14H2,1H3;5-7,9-11H,1-4H3;/q2*-1;. The zero-order chi connectivity index (χ0) is 30.7. The maximum Gasteiger partial charge on any atom is 0.120 e. The third kappa shape index (κ3) is 7.40. The average Bonchev–Trinajstić information content (AvgIpc) is 3.42. The summed E-state index contributed by atoms with van der Waals surface area (Å²) in [7, 11) is -1.24. The van der Waals surface area contributed by atoms with Crippen LogP contribution in [0.5, 0.6) is 0 Å². The Morgan fingerprint density at radius 1 is 0.733 bits per heavy atom. The second kappa shape index (κ2) is 13.9. The first kappa shape index (κ1) is 32.2. The summed E-state index contributed by atoms with van der Waals surface area (Å²) in [6.45, 7) is 11.2. The fourth-order valence-electron chi connectivity index (χ4n) is 5.25. The Kier molecular flexibility index (Phi) is 9.94. The van der Waals surface area contributed by atoms with Crippen LogP contribution < -0.4 is 5.19 Å². The van der Waals surface area contributed by atoms with Gasteiger partial charge in [-0.15, -0.1) is 53.6 Å². The Labute approximate surface area is 280 Å². The van der Waals surface area contributed by atoms with Gasteiger partial charge >= 0.3 is 0 Å². The van der Waals surface area contributed by atoms with E-state index in [9.17, 15) is 0 Å². The number of hydrogen-bond donors (Lipinski definition) is 0. The second-order valence-corrected chi connectivity index (χ2v) is 17.4. The zero-order valence-corrected chi connectivity index (χ0v) is 29.7. The summed E-state index contributed by atoms with van der Waals surface area (Å²) in [5, 5.41) is 3.62. The molecule has 0 saturated carbocycles. The summed E-state index contributed by atoms with van der Waals surface area (Å²) >= 11 is 0. The van der Waals surface area contributed by atoms with Crippen molar-refractivity contribution in [3.8, 4) is 22.5 Å². The third-order valence-electron chi connectivity index (χ3n) is 7.92. The zero-order valence-electron chi connectivity index (χ0n) is 26.3. The smallest absolute Gasteiger partial charge is 0.120 e. The van der Waals surface area contributed by atoms with Crippen molar-refractivity contribution in [2.45, 2.75) is 39.9 Å². The number of fused-ring (bicyclic) bond motifs is 3. The molecule has 0 spiro atoms. The quantitative estimate of drug-likeness (QED) is 0.129. The van der Waals surface area contributed by atoms with E-state index in [1.54, 1.807) is 0 Å². The fourth-order valence-corrected chi connectivity index (χ4v) is 6.28. The molecule has 0 atom stereocenters. The van der Waals surface area contributed by atoms with Gasteiger partial charge in [0.05, 0.1) is 13.7 Å². The second-order valence-electron chi connectivity index (χ2n) is 12.3. The fraction of sp³-hybridized carbons (Fsp3) is 0.150. The molecule has 0 fully saturated rings. The number of aromatic nitrogens is 2. The minimum atomic E-state index is -1.24. The minimum Gasteiger partial charge on any atom is -0.501 e.